The van der Waals surface area contributed by atoms with E-state index in [1.165, 1.54) is 4.90 Å². The number of quaternary nitrogens is 1. The molecule has 8 heteroatoms. The van der Waals surface area contributed by atoms with E-state index in [9.17, 15) is 0 Å². The van der Waals surface area contributed by atoms with Gasteiger partial charge in [0.2, 0.25) is 0 Å². The molecule has 4 aromatic heterocycles. The molecule has 0 aliphatic rings. The second kappa shape index (κ2) is 9.70. The van der Waals surface area contributed by atoms with E-state index >= 15 is 0 Å². The van der Waals surface area contributed by atoms with Crippen molar-refractivity contribution in [3.63, 3.8) is 0 Å². The van der Waals surface area contributed by atoms with Crippen molar-refractivity contribution in [2.45, 2.75) is 14.4 Å². The van der Waals surface area contributed by atoms with Crippen LogP contribution in [0.1, 0.15) is 18.8 Å². The van der Waals surface area contributed by atoms with Crippen LogP contribution in [0.5, 0.6) is 0 Å². The average molecular weight is 395 g/mol. The number of H-pyrrole nitrogens is 2. The lowest BCUT2D eigenvalue weighted by Gasteiger charge is -2.04. The Morgan fingerprint density at radius 1 is 0.931 bits per heavy atom. The van der Waals surface area contributed by atoms with Gasteiger partial charge in [-0.25, -0.2) is 24.5 Å². The molecule has 0 aromatic carbocycles. The van der Waals surface area contributed by atoms with Gasteiger partial charge in [0.1, 0.15) is 49.8 Å². The lowest BCUT2D eigenvalue weighted by atomic mass is 10.1. The van der Waals surface area contributed by atoms with Crippen molar-refractivity contribution >= 4 is 33.9 Å². The van der Waals surface area contributed by atoms with Gasteiger partial charge in [-0.2, -0.15) is 0 Å². The van der Waals surface area contributed by atoms with E-state index in [2.05, 4.69) is 56.4 Å². The van der Waals surface area contributed by atoms with Crippen molar-refractivity contribution in [2.24, 2.45) is 0 Å². The lowest BCUT2D eigenvalue weighted by molar-refractivity contribution is -0.800. The number of aromatic nitrogens is 6. The molecule has 152 valence electrons. The Labute approximate surface area is 171 Å². The maximum absolute atomic E-state index is 4.41. The summed E-state index contributed by atoms with van der Waals surface area (Å²) in [7, 11) is 8.18. The Balaban J connectivity index is 0.000000231. The third-order valence-corrected chi connectivity index (χ3v) is 4.02. The first-order valence-electron chi connectivity index (χ1n) is 9.02. The molecule has 0 amide bonds. The molecule has 0 atom stereocenters. The Morgan fingerprint density at radius 3 is 2.10 bits per heavy atom. The van der Waals surface area contributed by atoms with Crippen molar-refractivity contribution in [3.05, 3.63) is 54.8 Å². The van der Waals surface area contributed by atoms with Crippen molar-refractivity contribution in [2.75, 3.05) is 28.2 Å². The van der Waals surface area contributed by atoms with Crippen LogP contribution in [0.4, 0.5) is 0 Å². The maximum Gasteiger partial charge on any atom is 0.177 e. The summed E-state index contributed by atoms with van der Waals surface area (Å²) in [5.41, 5.74) is 4.84. The summed E-state index contributed by atoms with van der Waals surface area (Å²) in [6.07, 6.45) is 11.1. The molecule has 0 saturated carbocycles. The number of hydrogen-bond donors (Lipinski definition) is 3. The average Bonchev–Trinajstić information content (AvgIpc) is 3.30. The SMILES string of the molecule is C.C[N+](C)=C/C(=C/[NH+](C)C)c1ncnc2[nH]ccc12.Cc1ncnc2[nH]ccc12. The zero-order valence-corrected chi connectivity index (χ0v) is 16.9. The molecule has 8 nitrogen and oxygen atoms in total. The topological polar surface area (TPSA) is 90.6 Å². The fourth-order valence-electron chi connectivity index (χ4n) is 2.86. The van der Waals surface area contributed by atoms with E-state index in [1.807, 2.05) is 50.1 Å². The maximum atomic E-state index is 4.41. The zero-order chi connectivity index (χ0) is 20.1. The smallest absolute Gasteiger partial charge is 0.177 e. The van der Waals surface area contributed by atoms with Gasteiger partial charge in [0.25, 0.3) is 0 Å². The summed E-state index contributed by atoms with van der Waals surface area (Å²) in [6, 6.07) is 3.98. The van der Waals surface area contributed by atoms with Gasteiger partial charge in [0.15, 0.2) is 6.21 Å². The molecule has 4 aromatic rings. The van der Waals surface area contributed by atoms with E-state index in [0.29, 0.717) is 0 Å². The monoisotopic (exact) mass is 394 g/mol. The molecule has 29 heavy (non-hydrogen) atoms. The number of aromatic amines is 2. The standard InChI is InChI=1S/C13H18N5.C7H7N3.CH4/c1-17(2)7-10(8-18(3)4)12-11-5-6-14-13(11)16-9-15-12;1-5-6-2-3-8-7(6)10-4-9-5;/h5-9H,1-4H3,(H,14,15,16);2-4H,1H3,(H,8,9,10);1H4/q+1;;/p+1. The molecule has 0 unspecified atom stereocenters. The molecule has 4 heterocycles. The summed E-state index contributed by atoms with van der Waals surface area (Å²) in [5.74, 6) is 0. The van der Waals surface area contributed by atoms with Gasteiger partial charge < -0.3 is 14.9 Å². The van der Waals surface area contributed by atoms with Crippen molar-refractivity contribution in [1.82, 2.24) is 29.9 Å². The number of nitrogens with zero attached hydrogens (tertiary/aromatic N) is 5. The number of allylic oxidation sites excluding steroid dienone is 1. The minimum absolute atomic E-state index is 0. The lowest BCUT2D eigenvalue weighted by Crippen LogP contribution is -3.00. The van der Waals surface area contributed by atoms with Crippen LogP contribution in [0.25, 0.3) is 27.6 Å². The Hall–Kier alpha value is -3.39. The second-order valence-corrected chi connectivity index (χ2v) is 6.93. The van der Waals surface area contributed by atoms with Crippen molar-refractivity contribution < 1.29 is 9.48 Å². The van der Waals surface area contributed by atoms with Gasteiger partial charge >= 0.3 is 0 Å². The predicted octanol–water partition coefficient (Wildman–Crippen LogP) is 1.69. The summed E-state index contributed by atoms with van der Waals surface area (Å²) in [5, 5.41) is 2.14. The molecule has 0 saturated heterocycles. The second-order valence-electron chi connectivity index (χ2n) is 6.93. The first-order valence-corrected chi connectivity index (χ1v) is 9.02. The number of nitrogens with one attached hydrogen (secondary N) is 3. The molecule has 0 bridgehead atoms. The third-order valence-electron chi connectivity index (χ3n) is 4.02. The van der Waals surface area contributed by atoms with Gasteiger partial charge in [-0.15, -0.1) is 0 Å². The van der Waals surface area contributed by atoms with E-state index in [1.54, 1.807) is 12.7 Å². The highest BCUT2D eigenvalue weighted by molar-refractivity contribution is 6.10. The fourth-order valence-corrected chi connectivity index (χ4v) is 2.86. The summed E-state index contributed by atoms with van der Waals surface area (Å²) < 4.78 is 2.02. The largest absolute Gasteiger partial charge is 0.346 e. The van der Waals surface area contributed by atoms with Crippen LogP contribution in [-0.2, 0) is 0 Å². The number of fused-ring (bicyclic) bond motifs is 2. The van der Waals surface area contributed by atoms with Gasteiger partial charge in [-0.3, -0.25) is 0 Å². The normalized spacial score (nSPS) is 11.2. The van der Waals surface area contributed by atoms with Crippen LogP contribution in [0.15, 0.2) is 43.4 Å². The highest BCUT2D eigenvalue weighted by atomic mass is 15.0. The number of aryl methyl sites for hydroxylation is 1. The Morgan fingerprint density at radius 2 is 1.52 bits per heavy atom. The van der Waals surface area contributed by atoms with Crippen LogP contribution in [-0.4, -0.2) is 68.9 Å². The van der Waals surface area contributed by atoms with Crippen LogP contribution >= 0.6 is 0 Å². The molecular weight excluding hydrogens is 364 g/mol. The summed E-state index contributed by atoms with van der Waals surface area (Å²) in [6.45, 7) is 1.97. The minimum Gasteiger partial charge on any atom is -0.346 e. The highest BCUT2D eigenvalue weighted by Gasteiger charge is 2.12. The van der Waals surface area contributed by atoms with Gasteiger partial charge in [0.05, 0.1) is 25.5 Å². The summed E-state index contributed by atoms with van der Waals surface area (Å²) in [4.78, 5) is 24.1. The Kier molecular flexibility index (Phi) is 7.33. The van der Waals surface area contributed by atoms with Crippen LogP contribution < -0.4 is 4.90 Å². The summed E-state index contributed by atoms with van der Waals surface area (Å²) >= 11 is 0. The molecule has 0 aliphatic carbocycles. The Bertz CT molecular complexity index is 1130. The van der Waals surface area contributed by atoms with Crippen molar-refractivity contribution in [1.29, 1.82) is 0 Å². The molecule has 4 rings (SSSR count). The van der Waals surface area contributed by atoms with Crippen LogP contribution in [0.3, 0.4) is 0 Å². The molecule has 0 aliphatic heterocycles. The minimum atomic E-state index is 0. The zero-order valence-electron chi connectivity index (χ0n) is 16.9. The molecule has 0 spiro atoms. The molecule has 0 radical (unpaired) electrons. The number of hydrogen-bond acceptors (Lipinski definition) is 4. The van der Waals surface area contributed by atoms with E-state index in [0.717, 1.165) is 39.0 Å². The quantitative estimate of drug-likeness (QED) is 0.364. The van der Waals surface area contributed by atoms with Gasteiger partial charge in [0, 0.05) is 23.2 Å². The molecule has 0 fully saturated rings. The van der Waals surface area contributed by atoms with Gasteiger partial charge in [-0.05, 0) is 19.1 Å². The van der Waals surface area contributed by atoms with E-state index in [-0.39, 0.29) is 7.43 Å². The van der Waals surface area contributed by atoms with Crippen LogP contribution in [0, 0.1) is 6.92 Å². The van der Waals surface area contributed by atoms with Crippen molar-refractivity contribution in [3.8, 4) is 0 Å². The first-order chi connectivity index (χ1) is 13.5. The molecular formula is C21H30N8+2. The molecule has 3 N–H and O–H groups in total. The predicted molar refractivity (Wildman–Crippen MR) is 118 cm³/mol. The van der Waals surface area contributed by atoms with E-state index in [4.69, 9.17) is 0 Å². The highest BCUT2D eigenvalue weighted by Crippen LogP contribution is 2.18. The van der Waals surface area contributed by atoms with E-state index < -0.39 is 0 Å². The third kappa shape index (κ3) is 5.32. The van der Waals surface area contributed by atoms with Crippen LogP contribution in [0.2, 0.25) is 0 Å². The fraction of sp³-hybridized carbons (Fsp3) is 0.286. The first kappa shape index (κ1) is 21.9. The van der Waals surface area contributed by atoms with Gasteiger partial charge in [-0.1, -0.05) is 7.43 Å². The number of rotatable bonds is 3.